The Morgan fingerprint density at radius 2 is 1.83 bits per heavy atom. The topological polar surface area (TPSA) is 94.0 Å². The molecule has 1 aromatic heterocycles. The number of hydrogen-bond donors (Lipinski definition) is 1. The zero-order valence-electron chi connectivity index (χ0n) is 20.7. The number of methoxy groups -OCH3 is 2. The average Bonchev–Trinajstić information content (AvgIpc) is 3.41. The highest BCUT2D eigenvalue weighted by molar-refractivity contribution is 5.88. The van der Waals surface area contributed by atoms with E-state index in [9.17, 15) is 9.90 Å². The van der Waals surface area contributed by atoms with Crippen LogP contribution in [0.3, 0.4) is 0 Å². The van der Waals surface area contributed by atoms with Crippen molar-refractivity contribution in [2.24, 2.45) is 0 Å². The summed E-state index contributed by atoms with van der Waals surface area (Å²) in [4.78, 5) is 23.1. The fourth-order valence-electron chi connectivity index (χ4n) is 5.21. The van der Waals surface area contributed by atoms with Gasteiger partial charge in [-0.15, -0.1) is 0 Å². The third-order valence-electron chi connectivity index (χ3n) is 7.09. The van der Waals surface area contributed by atoms with Crippen molar-refractivity contribution in [3.8, 4) is 17.2 Å². The molecule has 8 heteroatoms. The van der Waals surface area contributed by atoms with E-state index in [1.807, 2.05) is 24.3 Å². The molecule has 3 aromatic rings. The summed E-state index contributed by atoms with van der Waals surface area (Å²) in [5, 5.41) is 9.75. The maximum atomic E-state index is 11.9. The highest BCUT2D eigenvalue weighted by Gasteiger charge is 2.31. The van der Waals surface area contributed by atoms with Crippen molar-refractivity contribution < 1.29 is 24.1 Å². The van der Waals surface area contributed by atoms with Crippen LogP contribution in [0.4, 0.5) is 5.95 Å². The average molecular weight is 490 g/mol. The van der Waals surface area contributed by atoms with Gasteiger partial charge >= 0.3 is 5.97 Å². The van der Waals surface area contributed by atoms with Gasteiger partial charge in [-0.1, -0.05) is 6.07 Å². The minimum atomic E-state index is -1.07. The van der Waals surface area contributed by atoms with E-state index in [0.717, 1.165) is 55.0 Å². The monoisotopic (exact) mass is 489 g/mol. The summed E-state index contributed by atoms with van der Waals surface area (Å²) in [7, 11) is 3.27. The van der Waals surface area contributed by atoms with Crippen molar-refractivity contribution in [2.45, 2.75) is 51.2 Å². The van der Waals surface area contributed by atoms with Gasteiger partial charge in [-0.3, -0.25) is 0 Å². The number of fused-ring (bicyclic) bond motifs is 1. The first-order valence-electron chi connectivity index (χ1n) is 12.4. The second-order valence-electron chi connectivity index (χ2n) is 9.22. The molecular formula is C28H31N3O5. The van der Waals surface area contributed by atoms with Gasteiger partial charge in [0.05, 0.1) is 26.0 Å². The summed E-state index contributed by atoms with van der Waals surface area (Å²) in [5.41, 5.74) is 4.12. The van der Waals surface area contributed by atoms with Gasteiger partial charge in [0.25, 0.3) is 0 Å². The summed E-state index contributed by atoms with van der Waals surface area (Å²) in [6.45, 7) is 0.817. The molecule has 0 spiro atoms. The molecule has 2 aromatic carbocycles. The van der Waals surface area contributed by atoms with Crippen molar-refractivity contribution >= 4 is 11.9 Å². The minimum absolute atomic E-state index is 0.0101. The number of carbonyl (C=O) groups is 1. The lowest BCUT2D eigenvalue weighted by Gasteiger charge is -2.27. The number of hydrogen-bond acceptors (Lipinski definition) is 7. The number of aromatic carboxylic acids is 1. The van der Waals surface area contributed by atoms with Crippen LogP contribution < -0.4 is 19.1 Å². The SMILES string of the molecule is COc1ccc(C2CCCN2c2ncc(C(=O)O)c(COc3ccc4c(c3)CCCC4)n2)c(OC)c1. The summed E-state index contributed by atoms with van der Waals surface area (Å²) >= 11 is 0. The number of aryl methyl sites for hydroxylation is 2. The molecule has 36 heavy (non-hydrogen) atoms. The van der Waals surface area contributed by atoms with Gasteiger partial charge < -0.3 is 24.2 Å². The molecule has 1 saturated heterocycles. The van der Waals surface area contributed by atoms with E-state index in [1.165, 1.54) is 30.2 Å². The number of nitrogens with zero attached hydrogens (tertiary/aromatic N) is 3. The molecule has 1 N–H and O–H groups in total. The van der Waals surface area contributed by atoms with E-state index in [2.05, 4.69) is 27.0 Å². The van der Waals surface area contributed by atoms with Crippen LogP contribution in [0.1, 0.15) is 64.5 Å². The second-order valence-corrected chi connectivity index (χ2v) is 9.22. The van der Waals surface area contributed by atoms with Crippen LogP contribution in [-0.4, -0.2) is 41.8 Å². The second kappa shape index (κ2) is 10.4. The first-order chi connectivity index (χ1) is 17.6. The van der Waals surface area contributed by atoms with Crippen molar-refractivity contribution in [3.63, 3.8) is 0 Å². The van der Waals surface area contributed by atoms with Gasteiger partial charge in [0, 0.05) is 24.4 Å². The molecule has 188 valence electrons. The van der Waals surface area contributed by atoms with Crippen LogP contribution in [0.2, 0.25) is 0 Å². The zero-order valence-corrected chi connectivity index (χ0v) is 20.7. The number of aromatic nitrogens is 2. The molecule has 1 aliphatic carbocycles. The highest BCUT2D eigenvalue weighted by atomic mass is 16.5. The third-order valence-corrected chi connectivity index (χ3v) is 7.09. The van der Waals surface area contributed by atoms with Crippen LogP contribution >= 0.6 is 0 Å². The molecular weight excluding hydrogens is 458 g/mol. The molecule has 0 saturated carbocycles. The fraction of sp³-hybridized carbons (Fsp3) is 0.393. The van der Waals surface area contributed by atoms with E-state index in [0.29, 0.717) is 11.6 Å². The van der Waals surface area contributed by atoms with Crippen molar-refractivity contribution in [2.75, 3.05) is 25.7 Å². The van der Waals surface area contributed by atoms with E-state index >= 15 is 0 Å². The van der Waals surface area contributed by atoms with Crippen molar-refractivity contribution in [3.05, 3.63) is 70.5 Å². The Bertz CT molecular complexity index is 1260. The van der Waals surface area contributed by atoms with Crippen LogP contribution in [0, 0.1) is 0 Å². The van der Waals surface area contributed by atoms with Crippen LogP contribution in [0.5, 0.6) is 17.2 Å². The van der Waals surface area contributed by atoms with Crippen LogP contribution in [-0.2, 0) is 19.4 Å². The Morgan fingerprint density at radius 1 is 1.03 bits per heavy atom. The smallest absolute Gasteiger partial charge is 0.339 e. The van der Waals surface area contributed by atoms with Gasteiger partial charge in [0.15, 0.2) is 0 Å². The number of rotatable bonds is 8. The molecule has 2 aliphatic rings. The normalized spacial score (nSPS) is 16.9. The van der Waals surface area contributed by atoms with Crippen molar-refractivity contribution in [1.29, 1.82) is 0 Å². The maximum absolute atomic E-state index is 11.9. The van der Waals surface area contributed by atoms with Crippen molar-refractivity contribution in [1.82, 2.24) is 9.97 Å². The first-order valence-corrected chi connectivity index (χ1v) is 12.4. The summed E-state index contributed by atoms with van der Waals surface area (Å²) in [6, 6.07) is 12.0. The molecule has 5 rings (SSSR count). The predicted octanol–water partition coefficient (Wildman–Crippen LogP) is 4.99. The first kappa shape index (κ1) is 23.9. The summed E-state index contributed by atoms with van der Waals surface area (Å²) in [6.07, 6.45) is 7.82. The predicted molar refractivity (Wildman–Crippen MR) is 135 cm³/mol. The lowest BCUT2D eigenvalue weighted by atomic mass is 9.92. The van der Waals surface area contributed by atoms with E-state index in [4.69, 9.17) is 14.2 Å². The largest absolute Gasteiger partial charge is 0.497 e. The van der Waals surface area contributed by atoms with Gasteiger partial charge in [0.2, 0.25) is 5.95 Å². The highest BCUT2D eigenvalue weighted by Crippen LogP contribution is 2.40. The van der Waals surface area contributed by atoms with Gasteiger partial charge in [0.1, 0.15) is 29.4 Å². The zero-order chi connectivity index (χ0) is 25.1. The number of benzene rings is 2. The Labute approximate surface area is 210 Å². The number of ether oxygens (including phenoxy) is 3. The van der Waals surface area contributed by atoms with Gasteiger partial charge in [-0.05, 0) is 73.9 Å². The molecule has 2 heterocycles. The molecule has 0 radical (unpaired) electrons. The molecule has 1 fully saturated rings. The Kier molecular flexibility index (Phi) is 6.93. The molecule has 8 nitrogen and oxygen atoms in total. The molecule has 0 bridgehead atoms. The van der Waals surface area contributed by atoms with Crippen LogP contribution in [0.15, 0.2) is 42.6 Å². The molecule has 1 aliphatic heterocycles. The molecule has 1 unspecified atom stereocenters. The number of anilines is 1. The van der Waals surface area contributed by atoms with E-state index in [1.54, 1.807) is 14.2 Å². The lowest BCUT2D eigenvalue weighted by Crippen LogP contribution is -2.26. The van der Waals surface area contributed by atoms with Crippen LogP contribution in [0.25, 0.3) is 0 Å². The number of carboxylic acid groups (broad SMARTS) is 1. The fourth-order valence-corrected chi connectivity index (χ4v) is 5.21. The Balaban J connectivity index is 1.41. The van der Waals surface area contributed by atoms with Gasteiger partial charge in [-0.2, -0.15) is 0 Å². The minimum Gasteiger partial charge on any atom is -0.497 e. The van der Waals surface area contributed by atoms with E-state index in [-0.39, 0.29) is 18.2 Å². The van der Waals surface area contributed by atoms with E-state index < -0.39 is 5.97 Å². The standard InChI is InChI=1S/C28H31N3O5/c1-34-20-11-12-22(26(15-20)35-2)25-8-5-13-31(25)28-29-16-23(27(32)33)24(30-28)17-36-21-10-9-18-6-3-4-7-19(18)14-21/h9-12,14-16,25H,3-8,13,17H2,1-2H3,(H,32,33). The summed E-state index contributed by atoms with van der Waals surface area (Å²) < 4.78 is 17.0. The number of carboxylic acids is 1. The third kappa shape index (κ3) is 4.80. The maximum Gasteiger partial charge on any atom is 0.339 e. The lowest BCUT2D eigenvalue weighted by molar-refractivity contribution is 0.0692. The molecule has 0 amide bonds. The Morgan fingerprint density at radius 3 is 2.61 bits per heavy atom. The Hall–Kier alpha value is -3.81. The summed E-state index contributed by atoms with van der Waals surface area (Å²) in [5.74, 6) is 1.62. The van der Waals surface area contributed by atoms with Gasteiger partial charge in [-0.25, -0.2) is 14.8 Å². The quantitative estimate of drug-likeness (QED) is 0.473. The molecule has 1 atom stereocenters.